The number of aryl methyl sites for hydroxylation is 1. The maximum absolute atomic E-state index is 11.0. The lowest BCUT2D eigenvalue weighted by Crippen LogP contribution is -2.18. The van der Waals surface area contributed by atoms with Gasteiger partial charge in [-0.1, -0.05) is 42.5 Å². The van der Waals surface area contributed by atoms with Crippen LogP contribution in [-0.2, 0) is 11.3 Å². The molecule has 2 aromatic carbocycles. The molecule has 134 valence electrons. The van der Waals surface area contributed by atoms with Gasteiger partial charge in [0.25, 0.3) is 5.91 Å². The minimum Gasteiger partial charge on any atom is -0.358 e. The van der Waals surface area contributed by atoms with E-state index < -0.39 is 5.91 Å². The van der Waals surface area contributed by atoms with E-state index in [9.17, 15) is 4.79 Å². The average Bonchev–Trinajstić information content (AvgIpc) is 3.00. The molecule has 0 saturated heterocycles. The van der Waals surface area contributed by atoms with Crippen molar-refractivity contribution in [2.75, 3.05) is 0 Å². The number of benzene rings is 2. The van der Waals surface area contributed by atoms with Crippen LogP contribution in [0.15, 0.2) is 54.6 Å². The zero-order valence-electron chi connectivity index (χ0n) is 14.9. The molecule has 1 unspecified atom stereocenters. The Morgan fingerprint density at radius 3 is 2.65 bits per heavy atom. The van der Waals surface area contributed by atoms with Crippen molar-refractivity contribution >= 4 is 22.9 Å². The molecular formula is C21H23N3O2. The number of fused-ring (bicyclic) bond motifs is 1. The predicted molar refractivity (Wildman–Crippen MR) is 104 cm³/mol. The van der Waals surface area contributed by atoms with Crippen LogP contribution in [0.3, 0.4) is 0 Å². The van der Waals surface area contributed by atoms with Crippen LogP contribution in [0.4, 0.5) is 0 Å². The first-order valence-electron chi connectivity index (χ1n) is 8.60. The fourth-order valence-electron chi connectivity index (χ4n) is 3.19. The van der Waals surface area contributed by atoms with Crippen molar-refractivity contribution in [2.24, 2.45) is 0 Å². The molecule has 3 rings (SSSR count). The first-order chi connectivity index (χ1) is 12.6. The second-order valence-electron chi connectivity index (χ2n) is 6.36. The maximum Gasteiger partial charge on any atom is 0.267 e. The van der Waals surface area contributed by atoms with Crippen molar-refractivity contribution in [3.8, 4) is 0 Å². The highest BCUT2D eigenvalue weighted by molar-refractivity contribution is 5.90. The first-order valence-corrected chi connectivity index (χ1v) is 8.60. The summed E-state index contributed by atoms with van der Waals surface area (Å²) in [6.07, 6.45) is 2.94. The van der Waals surface area contributed by atoms with Gasteiger partial charge in [-0.25, -0.2) is 5.48 Å². The summed E-state index contributed by atoms with van der Waals surface area (Å²) >= 11 is 0. The fourth-order valence-corrected chi connectivity index (χ4v) is 3.19. The largest absolute Gasteiger partial charge is 0.358 e. The monoisotopic (exact) mass is 349 g/mol. The van der Waals surface area contributed by atoms with Gasteiger partial charge in [0.1, 0.15) is 0 Å². The lowest BCUT2D eigenvalue weighted by atomic mass is 10.0. The molecule has 0 aliphatic carbocycles. The molecule has 26 heavy (non-hydrogen) atoms. The summed E-state index contributed by atoms with van der Waals surface area (Å²) in [7, 11) is 0. The predicted octanol–water partition coefficient (Wildman–Crippen LogP) is 3.85. The van der Waals surface area contributed by atoms with E-state index in [1.165, 1.54) is 22.7 Å². The number of aromatic amines is 1. The third-order valence-corrected chi connectivity index (χ3v) is 4.51. The summed E-state index contributed by atoms with van der Waals surface area (Å²) < 4.78 is 0. The molecule has 0 saturated carbocycles. The van der Waals surface area contributed by atoms with Crippen LogP contribution in [-0.4, -0.2) is 16.1 Å². The molecule has 0 radical (unpaired) electrons. The van der Waals surface area contributed by atoms with Gasteiger partial charge in [0, 0.05) is 35.3 Å². The highest BCUT2D eigenvalue weighted by Gasteiger charge is 2.14. The Bertz CT molecular complexity index is 926. The lowest BCUT2D eigenvalue weighted by molar-refractivity contribution is -0.124. The zero-order chi connectivity index (χ0) is 18.5. The summed E-state index contributed by atoms with van der Waals surface area (Å²) in [4.78, 5) is 14.4. The van der Waals surface area contributed by atoms with E-state index in [1.807, 2.05) is 30.3 Å². The molecule has 1 aromatic heterocycles. The van der Waals surface area contributed by atoms with E-state index in [0.29, 0.717) is 0 Å². The van der Waals surface area contributed by atoms with Crippen molar-refractivity contribution in [2.45, 2.75) is 26.4 Å². The summed E-state index contributed by atoms with van der Waals surface area (Å²) in [5.41, 5.74) is 7.29. The Labute approximate surface area is 152 Å². The van der Waals surface area contributed by atoms with Crippen molar-refractivity contribution in [3.63, 3.8) is 0 Å². The summed E-state index contributed by atoms with van der Waals surface area (Å²) in [6.45, 7) is 5.03. The van der Waals surface area contributed by atoms with Crippen LogP contribution in [0.2, 0.25) is 0 Å². The highest BCUT2D eigenvalue weighted by Crippen LogP contribution is 2.27. The number of carbonyl (C=O) groups is 1. The normalized spacial score (nSPS) is 12.6. The van der Waals surface area contributed by atoms with Gasteiger partial charge in [0.15, 0.2) is 0 Å². The van der Waals surface area contributed by atoms with Gasteiger partial charge < -0.3 is 10.3 Å². The van der Waals surface area contributed by atoms with E-state index in [4.69, 9.17) is 5.21 Å². The van der Waals surface area contributed by atoms with Gasteiger partial charge in [-0.05, 0) is 42.7 Å². The molecule has 1 amide bonds. The smallest absolute Gasteiger partial charge is 0.267 e. The van der Waals surface area contributed by atoms with Crippen LogP contribution >= 0.6 is 0 Å². The number of carbonyl (C=O) groups excluding carboxylic acids is 1. The van der Waals surface area contributed by atoms with Crippen molar-refractivity contribution in [1.82, 2.24) is 15.8 Å². The van der Waals surface area contributed by atoms with Crippen LogP contribution in [0, 0.1) is 6.92 Å². The SMILES string of the molecule is Cc1[nH]c2ccccc2c1C(C)NCc1ccc(/C=C/C(=O)NO)cc1. The van der Waals surface area contributed by atoms with E-state index >= 15 is 0 Å². The van der Waals surface area contributed by atoms with Crippen LogP contribution in [0.25, 0.3) is 17.0 Å². The first kappa shape index (κ1) is 17.9. The number of hydrogen-bond acceptors (Lipinski definition) is 3. The molecule has 5 heteroatoms. The molecule has 1 atom stereocenters. The number of nitrogens with one attached hydrogen (secondary N) is 3. The number of amides is 1. The van der Waals surface area contributed by atoms with Crippen LogP contribution < -0.4 is 10.8 Å². The summed E-state index contributed by atoms with van der Waals surface area (Å²) in [5.74, 6) is -0.543. The Hall–Kier alpha value is -2.89. The third kappa shape index (κ3) is 4.02. The standard InChI is InChI=1S/C21H23N3O2/c1-14(21-15(2)23-19-6-4-3-5-18(19)21)22-13-17-9-7-16(8-10-17)11-12-20(25)24-26/h3-12,14,22-23,26H,13H2,1-2H3,(H,24,25)/b12-11+. The molecule has 0 bridgehead atoms. The van der Waals surface area contributed by atoms with Crippen LogP contribution in [0.1, 0.15) is 35.3 Å². The number of H-pyrrole nitrogens is 1. The molecule has 0 spiro atoms. The second kappa shape index (κ2) is 7.99. The minimum atomic E-state index is -0.543. The van der Waals surface area contributed by atoms with Crippen molar-refractivity contribution in [1.29, 1.82) is 0 Å². The van der Waals surface area contributed by atoms with E-state index in [-0.39, 0.29) is 6.04 Å². The van der Waals surface area contributed by atoms with Gasteiger partial charge in [0.2, 0.25) is 0 Å². The van der Waals surface area contributed by atoms with Gasteiger partial charge in [-0.3, -0.25) is 10.0 Å². The lowest BCUT2D eigenvalue weighted by Gasteiger charge is -2.15. The number of hydrogen-bond donors (Lipinski definition) is 4. The molecular weight excluding hydrogens is 326 g/mol. The number of aromatic nitrogens is 1. The van der Waals surface area contributed by atoms with E-state index in [2.05, 4.69) is 42.3 Å². The van der Waals surface area contributed by atoms with Gasteiger partial charge >= 0.3 is 0 Å². The Kier molecular flexibility index (Phi) is 5.51. The van der Waals surface area contributed by atoms with Crippen molar-refractivity contribution in [3.05, 3.63) is 77.0 Å². The topological polar surface area (TPSA) is 77.2 Å². The molecule has 0 fully saturated rings. The van der Waals surface area contributed by atoms with Gasteiger partial charge in [0.05, 0.1) is 0 Å². The Morgan fingerprint density at radius 1 is 1.19 bits per heavy atom. The Balaban J connectivity index is 1.66. The molecule has 4 N–H and O–H groups in total. The summed E-state index contributed by atoms with van der Waals surface area (Å²) in [6, 6.07) is 16.5. The molecule has 3 aromatic rings. The van der Waals surface area contributed by atoms with Gasteiger partial charge in [-0.15, -0.1) is 0 Å². The minimum absolute atomic E-state index is 0.221. The third-order valence-electron chi connectivity index (χ3n) is 4.51. The second-order valence-corrected chi connectivity index (χ2v) is 6.36. The van der Waals surface area contributed by atoms with E-state index in [0.717, 1.165) is 23.2 Å². The van der Waals surface area contributed by atoms with E-state index in [1.54, 1.807) is 11.6 Å². The quantitative estimate of drug-likeness (QED) is 0.310. The molecule has 5 nitrogen and oxygen atoms in total. The zero-order valence-corrected chi connectivity index (χ0v) is 14.9. The van der Waals surface area contributed by atoms with Crippen LogP contribution in [0.5, 0.6) is 0 Å². The van der Waals surface area contributed by atoms with Crippen molar-refractivity contribution < 1.29 is 10.0 Å². The van der Waals surface area contributed by atoms with Gasteiger partial charge in [-0.2, -0.15) is 0 Å². The average molecular weight is 349 g/mol. The molecule has 1 heterocycles. The number of hydroxylamine groups is 1. The maximum atomic E-state index is 11.0. The number of rotatable bonds is 6. The molecule has 0 aliphatic rings. The Morgan fingerprint density at radius 2 is 1.92 bits per heavy atom. The highest BCUT2D eigenvalue weighted by atomic mass is 16.5. The fraction of sp³-hybridized carbons (Fsp3) is 0.190. The number of para-hydroxylation sites is 1. The molecule has 0 aliphatic heterocycles. The summed E-state index contributed by atoms with van der Waals surface area (Å²) in [5, 5.41) is 13.3.